The number of nitrogens with one attached hydrogen (secondary N) is 2. The predicted molar refractivity (Wildman–Crippen MR) is 114 cm³/mol. The highest BCUT2D eigenvalue weighted by molar-refractivity contribution is 14.0. The summed E-state index contributed by atoms with van der Waals surface area (Å²) in [6, 6.07) is 3.75. The molecule has 1 fully saturated rings. The minimum atomic E-state index is -0.0574. The van der Waals surface area contributed by atoms with Crippen LogP contribution in [0.4, 0.5) is 5.82 Å². The van der Waals surface area contributed by atoms with Gasteiger partial charge in [-0.25, -0.2) is 4.98 Å². The molecule has 0 radical (unpaired) electrons. The largest absolute Gasteiger partial charge is 0.357 e. The number of nitrogens with zero attached hydrogens (tertiary/aromatic N) is 3. The first-order chi connectivity index (χ1) is 11.6. The zero-order valence-electron chi connectivity index (χ0n) is 15.4. The van der Waals surface area contributed by atoms with Gasteiger partial charge in [0.15, 0.2) is 5.96 Å². The molecule has 1 unspecified atom stereocenters. The van der Waals surface area contributed by atoms with E-state index in [0.29, 0.717) is 24.7 Å². The molecule has 0 saturated carbocycles. The van der Waals surface area contributed by atoms with Crippen molar-refractivity contribution >= 4 is 41.7 Å². The number of rotatable bonds is 5. The van der Waals surface area contributed by atoms with Gasteiger partial charge in [-0.15, -0.1) is 24.0 Å². The Morgan fingerprint density at radius 1 is 1.44 bits per heavy atom. The number of aryl methyl sites for hydroxylation is 1. The van der Waals surface area contributed by atoms with E-state index in [4.69, 9.17) is 0 Å². The third kappa shape index (κ3) is 7.58. The van der Waals surface area contributed by atoms with Crippen LogP contribution in [0.1, 0.15) is 38.7 Å². The van der Waals surface area contributed by atoms with Crippen LogP contribution in [-0.2, 0) is 4.79 Å². The van der Waals surface area contributed by atoms with Crippen LogP contribution in [0.15, 0.2) is 23.3 Å². The second-order valence-corrected chi connectivity index (χ2v) is 6.45. The van der Waals surface area contributed by atoms with E-state index in [1.807, 2.05) is 19.1 Å². The fourth-order valence-corrected chi connectivity index (χ4v) is 2.82. The van der Waals surface area contributed by atoms with Crippen molar-refractivity contribution in [1.29, 1.82) is 0 Å². The van der Waals surface area contributed by atoms with Crippen LogP contribution in [0, 0.1) is 12.8 Å². The van der Waals surface area contributed by atoms with Crippen LogP contribution in [-0.4, -0.2) is 47.9 Å². The lowest BCUT2D eigenvalue weighted by molar-refractivity contribution is -0.116. The van der Waals surface area contributed by atoms with Crippen LogP contribution in [0.3, 0.4) is 0 Å². The number of aliphatic imine (C=N–C) groups is 1. The summed E-state index contributed by atoms with van der Waals surface area (Å²) >= 11 is 0. The Hall–Kier alpha value is -1.38. The molecule has 1 saturated heterocycles. The van der Waals surface area contributed by atoms with Crippen LogP contribution < -0.4 is 10.6 Å². The number of hydrogen-bond donors (Lipinski definition) is 2. The molecule has 0 aromatic carbocycles. The molecule has 1 aromatic rings. The molecule has 1 aromatic heterocycles. The van der Waals surface area contributed by atoms with Crippen LogP contribution in [0.5, 0.6) is 0 Å². The minimum absolute atomic E-state index is 0. The van der Waals surface area contributed by atoms with Crippen molar-refractivity contribution in [3.8, 4) is 0 Å². The molecular formula is C18H30IN5O. The van der Waals surface area contributed by atoms with E-state index in [1.165, 1.54) is 12.8 Å². The molecule has 25 heavy (non-hydrogen) atoms. The SMILES string of the molecule is CCNC(=NCCC(=O)Nc1ccc(C)cn1)N1CCCC(C)C1.I. The highest BCUT2D eigenvalue weighted by Crippen LogP contribution is 2.15. The number of likely N-dealkylation sites (tertiary alicyclic amines) is 1. The molecule has 1 aliphatic heterocycles. The average molecular weight is 459 g/mol. The van der Waals surface area contributed by atoms with Gasteiger partial charge in [0.25, 0.3) is 0 Å². The van der Waals surface area contributed by atoms with Crippen molar-refractivity contribution in [1.82, 2.24) is 15.2 Å². The molecule has 2 N–H and O–H groups in total. The standard InChI is InChI=1S/C18H29N5O.HI/c1-4-19-18(23-11-5-6-15(3)13-23)20-10-9-17(24)22-16-8-7-14(2)12-21-16;/h7-8,12,15H,4-6,9-11,13H2,1-3H3,(H,19,20)(H,21,22,24);1H. The first-order valence-corrected chi connectivity index (χ1v) is 8.84. The van der Waals surface area contributed by atoms with Gasteiger partial charge in [0.1, 0.15) is 5.82 Å². The van der Waals surface area contributed by atoms with Gasteiger partial charge in [0.2, 0.25) is 5.91 Å². The van der Waals surface area contributed by atoms with Gasteiger partial charge in [-0.1, -0.05) is 13.0 Å². The Morgan fingerprint density at radius 3 is 2.88 bits per heavy atom. The molecule has 2 rings (SSSR count). The molecule has 2 heterocycles. The fraction of sp³-hybridized carbons (Fsp3) is 0.611. The first kappa shape index (κ1) is 21.7. The van der Waals surface area contributed by atoms with Gasteiger partial charge in [0, 0.05) is 32.3 Å². The fourth-order valence-electron chi connectivity index (χ4n) is 2.82. The quantitative estimate of drug-likeness (QED) is 0.404. The lowest BCUT2D eigenvalue weighted by atomic mass is 10.0. The van der Waals surface area contributed by atoms with Gasteiger partial charge in [-0.2, -0.15) is 0 Å². The second kappa shape index (κ2) is 11.3. The summed E-state index contributed by atoms with van der Waals surface area (Å²) in [5, 5.41) is 6.14. The zero-order chi connectivity index (χ0) is 17.4. The average Bonchev–Trinajstić information content (AvgIpc) is 2.56. The zero-order valence-corrected chi connectivity index (χ0v) is 17.7. The van der Waals surface area contributed by atoms with E-state index in [9.17, 15) is 4.79 Å². The summed E-state index contributed by atoms with van der Waals surface area (Å²) in [7, 11) is 0. The number of piperidine rings is 1. The smallest absolute Gasteiger partial charge is 0.227 e. The molecule has 0 aliphatic carbocycles. The molecule has 6 nitrogen and oxygen atoms in total. The first-order valence-electron chi connectivity index (χ1n) is 8.84. The lowest BCUT2D eigenvalue weighted by Gasteiger charge is -2.33. The monoisotopic (exact) mass is 459 g/mol. The summed E-state index contributed by atoms with van der Waals surface area (Å²) in [4.78, 5) is 23.1. The highest BCUT2D eigenvalue weighted by Gasteiger charge is 2.19. The summed E-state index contributed by atoms with van der Waals surface area (Å²) in [6.45, 7) is 9.70. The summed E-state index contributed by atoms with van der Waals surface area (Å²) in [5.41, 5.74) is 1.07. The van der Waals surface area contributed by atoms with Crippen LogP contribution in [0.25, 0.3) is 0 Å². The van der Waals surface area contributed by atoms with E-state index in [1.54, 1.807) is 6.20 Å². The Kier molecular flexibility index (Phi) is 9.77. The third-order valence-corrected chi connectivity index (χ3v) is 4.07. The van der Waals surface area contributed by atoms with E-state index in [0.717, 1.165) is 31.2 Å². The van der Waals surface area contributed by atoms with Gasteiger partial charge < -0.3 is 15.5 Å². The number of carbonyl (C=O) groups is 1. The van der Waals surface area contributed by atoms with Crippen molar-refractivity contribution in [2.45, 2.75) is 40.0 Å². The maximum absolute atomic E-state index is 12.0. The number of hydrogen-bond acceptors (Lipinski definition) is 3. The highest BCUT2D eigenvalue weighted by atomic mass is 127. The molecule has 140 valence electrons. The minimum Gasteiger partial charge on any atom is -0.357 e. The van der Waals surface area contributed by atoms with Crippen molar-refractivity contribution < 1.29 is 4.79 Å². The number of anilines is 1. The van der Waals surface area contributed by atoms with Gasteiger partial charge in [0.05, 0.1) is 6.54 Å². The van der Waals surface area contributed by atoms with Crippen molar-refractivity contribution in [2.24, 2.45) is 10.9 Å². The number of aromatic nitrogens is 1. The number of guanidine groups is 1. The Bertz CT molecular complexity index is 561. The summed E-state index contributed by atoms with van der Waals surface area (Å²) < 4.78 is 0. The maximum atomic E-state index is 12.0. The lowest BCUT2D eigenvalue weighted by Crippen LogP contribution is -2.46. The number of carbonyl (C=O) groups excluding carboxylic acids is 1. The summed E-state index contributed by atoms with van der Waals surface area (Å²) in [6.07, 6.45) is 4.58. The number of pyridine rings is 1. The van der Waals surface area contributed by atoms with Crippen molar-refractivity contribution in [3.63, 3.8) is 0 Å². The topological polar surface area (TPSA) is 69.6 Å². The van der Waals surface area contributed by atoms with E-state index < -0.39 is 0 Å². The Morgan fingerprint density at radius 2 is 2.24 bits per heavy atom. The third-order valence-electron chi connectivity index (χ3n) is 4.07. The van der Waals surface area contributed by atoms with Crippen molar-refractivity contribution in [2.75, 3.05) is 31.5 Å². The molecule has 1 amide bonds. The molecular weight excluding hydrogens is 429 g/mol. The summed E-state index contributed by atoms with van der Waals surface area (Å²) in [5.74, 6) is 2.15. The van der Waals surface area contributed by atoms with Crippen LogP contribution >= 0.6 is 24.0 Å². The molecule has 1 atom stereocenters. The molecule has 1 aliphatic rings. The molecule has 0 spiro atoms. The second-order valence-electron chi connectivity index (χ2n) is 6.45. The molecule has 7 heteroatoms. The maximum Gasteiger partial charge on any atom is 0.227 e. The number of halogens is 1. The van der Waals surface area contributed by atoms with E-state index in [2.05, 4.69) is 39.4 Å². The predicted octanol–water partition coefficient (Wildman–Crippen LogP) is 3.03. The molecule has 0 bridgehead atoms. The van der Waals surface area contributed by atoms with Gasteiger partial charge >= 0.3 is 0 Å². The number of amides is 1. The van der Waals surface area contributed by atoms with Crippen molar-refractivity contribution in [3.05, 3.63) is 23.9 Å². The Labute approximate surface area is 167 Å². The van der Waals surface area contributed by atoms with Gasteiger partial charge in [-0.3, -0.25) is 9.79 Å². The van der Waals surface area contributed by atoms with Gasteiger partial charge in [-0.05, 0) is 44.2 Å². The van der Waals surface area contributed by atoms with E-state index >= 15 is 0 Å². The Balaban J connectivity index is 0.00000312. The van der Waals surface area contributed by atoms with E-state index in [-0.39, 0.29) is 29.9 Å². The normalized spacial score (nSPS) is 17.6. The van der Waals surface area contributed by atoms with Crippen LogP contribution in [0.2, 0.25) is 0 Å².